The first kappa shape index (κ1) is 17.6. The number of benzene rings is 1. The highest BCUT2D eigenvalue weighted by Crippen LogP contribution is 2.20. The Kier molecular flexibility index (Phi) is 5.78. The van der Waals surface area contributed by atoms with Gasteiger partial charge in [0.1, 0.15) is 5.82 Å². The number of carbonyl (C=O) groups is 1. The van der Waals surface area contributed by atoms with E-state index < -0.39 is 5.91 Å². The molecule has 7 nitrogen and oxygen atoms in total. The first-order valence-electron chi connectivity index (χ1n) is 8.71. The Morgan fingerprint density at radius 2 is 2.00 bits per heavy atom. The van der Waals surface area contributed by atoms with Crippen LogP contribution in [0.25, 0.3) is 0 Å². The Morgan fingerprint density at radius 1 is 1.28 bits per heavy atom. The molecule has 3 rings (SSSR count). The minimum atomic E-state index is -0.411. The van der Waals surface area contributed by atoms with Gasteiger partial charge in [0.2, 0.25) is 5.91 Å². The molecule has 2 heterocycles. The van der Waals surface area contributed by atoms with Gasteiger partial charge in [0.15, 0.2) is 5.82 Å². The van der Waals surface area contributed by atoms with E-state index in [0.29, 0.717) is 5.82 Å². The molecule has 1 atom stereocenters. The molecule has 1 aromatic carbocycles. The van der Waals surface area contributed by atoms with Crippen molar-refractivity contribution in [1.29, 1.82) is 0 Å². The van der Waals surface area contributed by atoms with E-state index >= 15 is 0 Å². The second-order valence-electron chi connectivity index (χ2n) is 6.31. The van der Waals surface area contributed by atoms with Gasteiger partial charge in [0, 0.05) is 19.6 Å². The van der Waals surface area contributed by atoms with Crippen LogP contribution in [0.3, 0.4) is 0 Å². The van der Waals surface area contributed by atoms with Crippen molar-refractivity contribution in [2.45, 2.75) is 32.4 Å². The van der Waals surface area contributed by atoms with Gasteiger partial charge >= 0.3 is 0 Å². The summed E-state index contributed by atoms with van der Waals surface area (Å²) in [5.41, 5.74) is 6.56. The highest BCUT2D eigenvalue weighted by molar-refractivity contribution is 5.75. The van der Waals surface area contributed by atoms with Crippen LogP contribution in [0.1, 0.15) is 30.2 Å². The van der Waals surface area contributed by atoms with Gasteiger partial charge in [0.05, 0.1) is 25.7 Å². The van der Waals surface area contributed by atoms with Crippen LogP contribution in [0.15, 0.2) is 30.3 Å². The fourth-order valence-corrected chi connectivity index (χ4v) is 3.11. The molecule has 0 unspecified atom stereocenters. The molecule has 134 valence electrons. The minimum absolute atomic E-state index is 0.0706. The number of amides is 1. The fraction of sp³-hybridized carbons (Fsp3) is 0.500. The number of rotatable bonds is 7. The lowest BCUT2D eigenvalue weighted by Crippen LogP contribution is -2.39. The van der Waals surface area contributed by atoms with Crippen LogP contribution < -0.4 is 5.73 Å². The predicted octanol–water partition coefficient (Wildman–Crippen LogP) is 0.942. The number of aryl methyl sites for hydroxylation is 2. The smallest absolute Gasteiger partial charge is 0.225 e. The molecular formula is C18H25N5O2. The maximum Gasteiger partial charge on any atom is 0.225 e. The van der Waals surface area contributed by atoms with E-state index in [2.05, 4.69) is 34.0 Å². The Morgan fingerprint density at radius 3 is 2.68 bits per heavy atom. The molecule has 0 aliphatic carbocycles. The van der Waals surface area contributed by atoms with Gasteiger partial charge in [-0.05, 0) is 18.9 Å². The maximum atomic E-state index is 11.2. The van der Waals surface area contributed by atoms with Gasteiger partial charge in [-0.3, -0.25) is 9.69 Å². The number of nitrogens with zero attached hydrogens (tertiary/aromatic N) is 4. The minimum Gasteiger partial charge on any atom is -0.379 e. The van der Waals surface area contributed by atoms with Crippen molar-refractivity contribution in [3.05, 3.63) is 47.5 Å². The molecule has 2 N–H and O–H groups in total. The molecule has 1 fully saturated rings. The summed E-state index contributed by atoms with van der Waals surface area (Å²) in [6, 6.07) is 10.4. The van der Waals surface area contributed by atoms with Crippen LogP contribution in [0.4, 0.5) is 0 Å². The summed E-state index contributed by atoms with van der Waals surface area (Å²) in [5.74, 6) is 0.968. The van der Waals surface area contributed by atoms with Crippen LogP contribution in [-0.2, 0) is 28.9 Å². The van der Waals surface area contributed by atoms with Gasteiger partial charge in [0.25, 0.3) is 0 Å². The van der Waals surface area contributed by atoms with Crippen molar-refractivity contribution in [2.24, 2.45) is 5.73 Å². The molecule has 0 bridgehead atoms. The topological polar surface area (TPSA) is 86.3 Å². The number of primary amides is 1. The monoisotopic (exact) mass is 343 g/mol. The molecule has 25 heavy (non-hydrogen) atoms. The molecule has 1 aromatic heterocycles. The number of morpholine rings is 1. The van der Waals surface area contributed by atoms with Crippen molar-refractivity contribution < 1.29 is 9.53 Å². The molecule has 0 radical (unpaired) electrons. The average Bonchev–Trinajstić information content (AvgIpc) is 3.03. The van der Waals surface area contributed by atoms with Gasteiger partial charge in [-0.15, -0.1) is 0 Å². The lowest BCUT2D eigenvalue weighted by atomic mass is 10.1. The summed E-state index contributed by atoms with van der Waals surface area (Å²) in [5, 5.41) is 4.53. The van der Waals surface area contributed by atoms with E-state index in [0.717, 1.165) is 45.1 Å². The van der Waals surface area contributed by atoms with E-state index in [1.54, 1.807) is 0 Å². The van der Waals surface area contributed by atoms with Crippen molar-refractivity contribution in [1.82, 2.24) is 19.7 Å². The zero-order chi connectivity index (χ0) is 17.6. The molecule has 2 aromatic rings. The highest BCUT2D eigenvalue weighted by Gasteiger charge is 2.24. The largest absolute Gasteiger partial charge is 0.379 e. The molecule has 1 aliphatic heterocycles. The van der Waals surface area contributed by atoms with E-state index in [4.69, 9.17) is 10.5 Å². The van der Waals surface area contributed by atoms with Crippen molar-refractivity contribution >= 4 is 5.91 Å². The molecule has 1 amide bonds. The number of carbonyl (C=O) groups excluding carboxylic acids is 1. The predicted molar refractivity (Wildman–Crippen MR) is 93.9 cm³/mol. The SMILES string of the molecule is C[C@@H](c1nc(CC(N)=O)nn1CCc1ccccc1)N1CCOCC1. The molecule has 0 saturated carbocycles. The normalized spacial score (nSPS) is 16.7. The maximum absolute atomic E-state index is 11.2. The van der Waals surface area contributed by atoms with Crippen LogP contribution in [0, 0.1) is 0 Å². The van der Waals surface area contributed by atoms with E-state index in [9.17, 15) is 4.79 Å². The average molecular weight is 343 g/mol. The number of hydrogen-bond donors (Lipinski definition) is 1. The Balaban J connectivity index is 1.78. The summed E-state index contributed by atoms with van der Waals surface area (Å²) in [7, 11) is 0. The zero-order valence-corrected chi connectivity index (χ0v) is 14.6. The second kappa shape index (κ2) is 8.22. The quantitative estimate of drug-likeness (QED) is 0.809. The van der Waals surface area contributed by atoms with Gasteiger partial charge < -0.3 is 10.5 Å². The summed E-state index contributed by atoms with van der Waals surface area (Å²) in [6.45, 7) is 6.06. The van der Waals surface area contributed by atoms with Crippen molar-refractivity contribution in [3.8, 4) is 0 Å². The lowest BCUT2D eigenvalue weighted by Gasteiger charge is -2.31. The van der Waals surface area contributed by atoms with Crippen molar-refractivity contribution in [3.63, 3.8) is 0 Å². The third-order valence-corrected chi connectivity index (χ3v) is 4.50. The van der Waals surface area contributed by atoms with Crippen LogP contribution in [0.2, 0.25) is 0 Å². The zero-order valence-electron chi connectivity index (χ0n) is 14.6. The van der Waals surface area contributed by atoms with Gasteiger partial charge in [-0.25, -0.2) is 9.67 Å². The third-order valence-electron chi connectivity index (χ3n) is 4.50. The molecule has 1 aliphatic rings. The Bertz CT molecular complexity index is 695. The number of hydrogen-bond acceptors (Lipinski definition) is 5. The van der Waals surface area contributed by atoms with E-state index in [1.807, 2.05) is 22.9 Å². The van der Waals surface area contributed by atoms with Gasteiger partial charge in [-0.2, -0.15) is 5.10 Å². The Labute approximate surface area is 147 Å². The van der Waals surface area contributed by atoms with Crippen LogP contribution in [-0.4, -0.2) is 51.9 Å². The molecular weight excluding hydrogens is 318 g/mol. The van der Waals surface area contributed by atoms with Crippen molar-refractivity contribution in [2.75, 3.05) is 26.3 Å². The fourth-order valence-electron chi connectivity index (χ4n) is 3.11. The Hall–Kier alpha value is -2.25. The summed E-state index contributed by atoms with van der Waals surface area (Å²) in [6.07, 6.45) is 0.935. The summed E-state index contributed by atoms with van der Waals surface area (Å²) >= 11 is 0. The summed E-state index contributed by atoms with van der Waals surface area (Å²) < 4.78 is 7.36. The van der Waals surface area contributed by atoms with E-state index in [1.165, 1.54) is 5.56 Å². The summed E-state index contributed by atoms with van der Waals surface area (Å²) in [4.78, 5) is 18.2. The molecule has 1 saturated heterocycles. The number of aromatic nitrogens is 3. The first-order chi connectivity index (χ1) is 12.1. The highest BCUT2D eigenvalue weighted by atomic mass is 16.5. The van der Waals surface area contributed by atoms with Crippen LogP contribution >= 0.6 is 0 Å². The van der Waals surface area contributed by atoms with Crippen LogP contribution in [0.5, 0.6) is 0 Å². The third kappa shape index (κ3) is 4.64. The molecule has 7 heteroatoms. The standard InChI is InChI=1S/C18H25N5O2/c1-14(22-9-11-25-12-10-22)18-20-17(13-16(19)24)21-23(18)8-7-15-5-3-2-4-6-15/h2-6,14H,7-13H2,1H3,(H2,19,24)/t14-/m0/s1. The van der Waals surface area contributed by atoms with E-state index in [-0.39, 0.29) is 12.5 Å². The van der Waals surface area contributed by atoms with Gasteiger partial charge in [-0.1, -0.05) is 30.3 Å². The molecule has 0 spiro atoms. The lowest BCUT2D eigenvalue weighted by molar-refractivity contribution is -0.117. The number of ether oxygens (including phenoxy) is 1. The second-order valence-corrected chi connectivity index (χ2v) is 6.31. The first-order valence-corrected chi connectivity index (χ1v) is 8.71. The number of nitrogens with two attached hydrogens (primary N) is 1.